The molecule has 18 heavy (non-hydrogen) atoms. The lowest BCUT2D eigenvalue weighted by atomic mass is 9.53. The Morgan fingerprint density at radius 1 is 1.17 bits per heavy atom. The summed E-state index contributed by atoms with van der Waals surface area (Å²) in [6.07, 6.45) is 6.70. The molecule has 0 aromatic heterocycles. The number of ketones is 1. The topological polar surface area (TPSA) is 17.1 Å². The van der Waals surface area contributed by atoms with Crippen LogP contribution in [0.2, 0.25) is 0 Å². The van der Waals surface area contributed by atoms with E-state index in [2.05, 4.69) is 41.5 Å². The standard InChI is InChI=1S/C17H32O/c1-7-10-16(5)12-9-14(13(3)4)17(6,11-8-2)15(16)18/h13-14H,7-12H2,1-6H3/t14-,16+,17-/m0/s1. The molecule has 0 saturated heterocycles. The summed E-state index contributed by atoms with van der Waals surface area (Å²) in [5.74, 6) is 1.76. The van der Waals surface area contributed by atoms with Crippen LogP contribution in [-0.2, 0) is 4.79 Å². The zero-order valence-corrected chi connectivity index (χ0v) is 13.3. The van der Waals surface area contributed by atoms with Crippen molar-refractivity contribution in [3.05, 3.63) is 0 Å². The molecule has 1 nitrogen and oxygen atoms in total. The third kappa shape index (κ3) is 2.65. The van der Waals surface area contributed by atoms with E-state index in [1.54, 1.807) is 0 Å². The average molecular weight is 252 g/mol. The van der Waals surface area contributed by atoms with E-state index >= 15 is 0 Å². The molecule has 1 saturated carbocycles. The molecule has 0 amide bonds. The van der Waals surface area contributed by atoms with E-state index in [1.165, 1.54) is 6.42 Å². The summed E-state index contributed by atoms with van der Waals surface area (Å²) in [6.45, 7) is 13.4. The molecule has 0 N–H and O–H groups in total. The minimum atomic E-state index is -0.0783. The van der Waals surface area contributed by atoms with Gasteiger partial charge in [-0.2, -0.15) is 0 Å². The highest BCUT2D eigenvalue weighted by Crippen LogP contribution is 2.53. The van der Waals surface area contributed by atoms with Crippen LogP contribution < -0.4 is 0 Å². The summed E-state index contributed by atoms with van der Waals surface area (Å²) in [5, 5.41) is 0. The van der Waals surface area contributed by atoms with Crippen LogP contribution in [0.3, 0.4) is 0 Å². The van der Waals surface area contributed by atoms with Gasteiger partial charge in [-0.15, -0.1) is 0 Å². The number of rotatable bonds is 5. The average Bonchev–Trinajstić information content (AvgIpc) is 2.27. The number of hydrogen-bond donors (Lipinski definition) is 0. The van der Waals surface area contributed by atoms with Crippen molar-refractivity contribution in [2.24, 2.45) is 22.7 Å². The second-order valence-electron chi connectivity index (χ2n) is 7.20. The van der Waals surface area contributed by atoms with E-state index in [4.69, 9.17) is 0 Å². The highest BCUT2D eigenvalue weighted by Gasteiger charge is 2.52. The Balaban J connectivity index is 3.06. The molecule has 3 atom stereocenters. The van der Waals surface area contributed by atoms with E-state index in [9.17, 15) is 4.79 Å². The largest absolute Gasteiger partial charge is 0.298 e. The van der Waals surface area contributed by atoms with Gasteiger partial charge < -0.3 is 0 Å². The molecule has 1 heteroatoms. The number of Topliss-reactive ketones (excluding diaryl/α,β-unsaturated/α-hetero) is 1. The first kappa shape index (κ1) is 15.7. The first-order valence-electron chi connectivity index (χ1n) is 7.86. The molecule has 0 unspecified atom stereocenters. The fourth-order valence-electron chi connectivity index (χ4n) is 4.44. The molecule has 1 aliphatic rings. The van der Waals surface area contributed by atoms with Gasteiger partial charge in [-0.1, -0.05) is 54.4 Å². The van der Waals surface area contributed by atoms with Crippen molar-refractivity contribution in [3.8, 4) is 0 Å². The van der Waals surface area contributed by atoms with E-state index in [0.29, 0.717) is 17.6 Å². The zero-order valence-electron chi connectivity index (χ0n) is 13.3. The molecular weight excluding hydrogens is 220 g/mol. The third-order valence-electron chi connectivity index (χ3n) is 5.27. The van der Waals surface area contributed by atoms with E-state index in [-0.39, 0.29) is 10.8 Å². The molecular formula is C17H32O. The SMILES string of the molecule is CCC[C@]1(C)CC[C@@H](C(C)C)[C@](C)(CCC)C1=O. The van der Waals surface area contributed by atoms with Gasteiger partial charge in [-0.05, 0) is 37.5 Å². The van der Waals surface area contributed by atoms with Crippen molar-refractivity contribution in [2.45, 2.75) is 80.1 Å². The van der Waals surface area contributed by atoms with Gasteiger partial charge in [0.1, 0.15) is 5.78 Å². The molecule has 106 valence electrons. The van der Waals surface area contributed by atoms with Gasteiger partial charge in [0.2, 0.25) is 0 Å². The fourth-order valence-corrected chi connectivity index (χ4v) is 4.44. The van der Waals surface area contributed by atoms with Crippen molar-refractivity contribution >= 4 is 5.78 Å². The smallest absolute Gasteiger partial charge is 0.144 e. The van der Waals surface area contributed by atoms with Crippen LogP contribution in [0.1, 0.15) is 80.1 Å². The van der Waals surface area contributed by atoms with Crippen LogP contribution in [0, 0.1) is 22.7 Å². The van der Waals surface area contributed by atoms with Gasteiger partial charge in [-0.25, -0.2) is 0 Å². The normalized spacial score (nSPS) is 37.3. The maximum Gasteiger partial charge on any atom is 0.144 e. The van der Waals surface area contributed by atoms with Crippen molar-refractivity contribution < 1.29 is 4.79 Å². The lowest BCUT2D eigenvalue weighted by molar-refractivity contribution is -0.149. The molecule has 1 fully saturated rings. The Hall–Kier alpha value is -0.330. The first-order chi connectivity index (χ1) is 8.31. The maximum absolute atomic E-state index is 13.1. The van der Waals surface area contributed by atoms with Gasteiger partial charge >= 0.3 is 0 Å². The molecule has 0 aromatic rings. The van der Waals surface area contributed by atoms with Crippen molar-refractivity contribution in [3.63, 3.8) is 0 Å². The Labute approximate surface area is 114 Å². The van der Waals surface area contributed by atoms with Crippen LogP contribution >= 0.6 is 0 Å². The lowest BCUT2D eigenvalue weighted by Gasteiger charge is -2.50. The van der Waals surface area contributed by atoms with Crippen molar-refractivity contribution in [2.75, 3.05) is 0 Å². The lowest BCUT2D eigenvalue weighted by Crippen LogP contribution is -2.50. The Morgan fingerprint density at radius 3 is 2.17 bits per heavy atom. The van der Waals surface area contributed by atoms with Crippen LogP contribution in [0.15, 0.2) is 0 Å². The fraction of sp³-hybridized carbons (Fsp3) is 0.941. The summed E-state index contributed by atoms with van der Waals surface area (Å²) < 4.78 is 0. The van der Waals surface area contributed by atoms with Gasteiger partial charge in [-0.3, -0.25) is 4.79 Å². The molecule has 0 bridgehead atoms. The number of carbonyl (C=O) groups excluding carboxylic acids is 1. The van der Waals surface area contributed by atoms with Crippen LogP contribution in [0.4, 0.5) is 0 Å². The molecule has 0 spiro atoms. The highest BCUT2D eigenvalue weighted by molar-refractivity contribution is 5.90. The van der Waals surface area contributed by atoms with E-state index < -0.39 is 0 Å². The molecule has 0 heterocycles. The molecule has 1 aliphatic carbocycles. The van der Waals surface area contributed by atoms with Gasteiger partial charge in [0, 0.05) is 10.8 Å². The van der Waals surface area contributed by atoms with E-state index in [1.807, 2.05) is 0 Å². The van der Waals surface area contributed by atoms with Gasteiger partial charge in [0.05, 0.1) is 0 Å². The maximum atomic E-state index is 13.1. The monoisotopic (exact) mass is 252 g/mol. The summed E-state index contributed by atoms with van der Waals surface area (Å²) in [4.78, 5) is 13.1. The molecule has 0 aromatic carbocycles. The minimum absolute atomic E-state index is 0.0515. The van der Waals surface area contributed by atoms with E-state index in [0.717, 1.165) is 32.1 Å². The Morgan fingerprint density at radius 2 is 1.72 bits per heavy atom. The predicted octanol–water partition coefficient (Wildman–Crippen LogP) is 5.23. The third-order valence-corrected chi connectivity index (χ3v) is 5.27. The van der Waals surface area contributed by atoms with Crippen LogP contribution in [0.25, 0.3) is 0 Å². The minimum Gasteiger partial charge on any atom is -0.298 e. The molecule has 1 rings (SSSR count). The predicted molar refractivity (Wildman–Crippen MR) is 78.6 cm³/mol. The van der Waals surface area contributed by atoms with Gasteiger partial charge in [0.15, 0.2) is 0 Å². The quantitative estimate of drug-likeness (QED) is 0.654. The van der Waals surface area contributed by atoms with Crippen LogP contribution in [-0.4, -0.2) is 5.78 Å². The van der Waals surface area contributed by atoms with Gasteiger partial charge in [0.25, 0.3) is 0 Å². The molecule has 0 aliphatic heterocycles. The zero-order chi connectivity index (χ0) is 14.0. The van der Waals surface area contributed by atoms with Crippen LogP contribution in [0.5, 0.6) is 0 Å². The summed E-state index contributed by atoms with van der Waals surface area (Å²) >= 11 is 0. The second kappa shape index (κ2) is 5.75. The molecule has 0 radical (unpaired) electrons. The Kier molecular flexibility index (Phi) is 5.03. The second-order valence-corrected chi connectivity index (χ2v) is 7.20. The summed E-state index contributed by atoms with van der Waals surface area (Å²) in [7, 11) is 0. The summed E-state index contributed by atoms with van der Waals surface area (Å²) in [6, 6.07) is 0. The van der Waals surface area contributed by atoms with Crippen molar-refractivity contribution in [1.82, 2.24) is 0 Å². The van der Waals surface area contributed by atoms with Crippen molar-refractivity contribution in [1.29, 1.82) is 0 Å². The summed E-state index contributed by atoms with van der Waals surface area (Å²) in [5.41, 5.74) is -0.130. The highest BCUT2D eigenvalue weighted by atomic mass is 16.1. The number of hydrogen-bond acceptors (Lipinski definition) is 1. The Bertz CT molecular complexity index is 294. The number of carbonyl (C=O) groups is 1. The first-order valence-corrected chi connectivity index (χ1v) is 7.86.